The third kappa shape index (κ3) is 3.20. The van der Waals surface area contributed by atoms with E-state index in [9.17, 15) is 0 Å². The second kappa shape index (κ2) is 7.93. The minimum Gasteiger partial charge on any atom is -0.421 e. The summed E-state index contributed by atoms with van der Waals surface area (Å²) in [5.41, 5.74) is 4.44. The Labute approximate surface area is 177 Å². The van der Waals surface area contributed by atoms with Gasteiger partial charge in [-0.2, -0.15) is 24.3 Å². The van der Waals surface area contributed by atoms with E-state index < -0.39 is 0 Å². The summed E-state index contributed by atoms with van der Waals surface area (Å²) in [6.45, 7) is 0. The SMILES string of the molecule is [Ir].[c-]1ccccc1-n1[cH-]n(-c2ccccc2)c2ccccc2c2ccccc21. The van der Waals surface area contributed by atoms with E-state index in [0.717, 1.165) is 22.4 Å². The van der Waals surface area contributed by atoms with Gasteiger partial charge in [0.25, 0.3) is 0 Å². The molecule has 0 unspecified atom stereocenters. The van der Waals surface area contributed by atoms with Crippen LogP contribution in [-0.2, 0) is 20.1 Å². The second-order valence-electron chi connectivity index (χ2n) is 6.47. The molecule has 3 heteroatoms. The van der Waals surface area contributed by atoms with Crippen molar-refractivity contribution in [1.29, 1.82) is 0 Å². The van der Waals surface area contributed by atoms with Crippen molar-refractivity contribution >= 4 is 21.8 Å². The van der Waals surface area contributed by atoms with Gasteiger partial charge in [0.15, 0.2) is 0 Å². The molecule has 2 nitrogen and oxygen atoms in total. The predicted molar refractivity (Wildman–Crippen MR) is 112 cm³/mol. The number of nitrogens with zero attached hydrogens (tertiary/aromatic N) is 2. The first-order valence-electron chi connectivity index (χ1n) is 9.05. The first-order valence-corrected chi connectivity index (χ1v) is 9.05. The Morgan fingerprint density at radius 3 is 1.79 bits per heavy atom. The van der Waals surface area contributed by atoms with Crippen LogP contribution in [0.5, 0.6) is 0 Å². The predicted octanol–water partition coefficient (Wildman–Crippen LogP) is 6.22. The van der Waals surface area contributed by atoms with E-state index >= 15 is 0 Å². The molecule has 0 N–H and O–H groups in total. The first kappa shape index (κ1) is 18.4. The number of para-hydroxylation sites is 4. The minimum atomic E-state index is 0. The van der Waals surface area contributed by atoms with Gasteiger partial charge in [0.05, 0.1) is 0 Å². The van der Waals surface area contributed by atoms with E-state index in [4.69, 9.17) is 0 Å². The van der Waals surface area contributed by atoms with E-state index in [2.05, 4.69) is 100 Å². The number of benzene rings is 4. The van der Waals surface area contributed by atoms with Crippen molar-refractivity contribution < 1.29 is 20.1 Å². The van der Waals surface area contributed by atoms with Crippen LogP contribution in [0, 0.1) is 6.07 Å². The van der Waals surface area contributed by atoms with E-state index in [-0.39, 0.29) is 20.1 Å². The summed E-state index contributed by atoms with van der Waals surface area (Å²) < 4.78 is 4.46. The van der Waals surface area contributed by atoms with Gasteiger partial charge in [0.2, 0.25) is 0 Å². The summed E-state index contributed by atoms with van der Waals surface area (Å²) in [6.07, 6.45) is 2.16. The monoisotopic (exact) mass is 539 g/mol. The van der Waals surface area contributed by atoms with Crippen LogP contribution in [0.3, 0.4) is 0 Å². The van der Waals surface area contributed by atoms with Crippen LogP contribution >= 0.6 is 0 Å². The molecule has 0 spiro atoms. The number of rotatable bonds is 2. The molecule has 1 aromatic heterocycles. The fraction of sp³-hybridized carbons (Fsp3) is 0. The molecular formula is C25H18IrN2-2. The molecule has 0 aliphatic rings. The van der Waals surface area contributed by atoms with Crippen LogP contribution < -0.4 is 0 Å². The fourth-order valence-electron chi connectivity index (χ4n) is 3.58. The van der Waals surface area contributed by atoms with E-state index in [1.165, 1.54) is 10.8 Å². The Balaban J connectivity index is 0.00000192. The molecule has 139 valence electrons. The Bertz CT molecular complexity index is 1160. The Kier molecular flexibility index (Phi) is 5.20. The van der Waals surface area contributed by atoms with Crippen molar-refractivity contribution in [2.45, 2.75) is 0 Å². The molecule has 0 aliphatic carbocycles. The molecule has 5 rings (SSSR count). The normalized spacial score (nSPS) is 10.6. The summed E-state index contributed by atoms with van der Waals surface area (Å²) in [4.78, 5) is 0. The van der Waals surface area contributed by atoms with Gasteiger partial charge < -0.3 is 9.13 Å². The van der Waals surface area contributed by atoms with Crippen molar-refractivity contribution in [1.82, 2.24) is 9.13 Å². The van der Waals surface area contributed by atoms with Crippen molar-refractivity contribution in [3.8, 4) is 11.4 Å². The summed E-state index contributed by atoms with van der Waals surface area (Å²) in [5.74, 6) is 0. The molecule has 1 radical (unpaired) electrons. The second-order valence-corrected chi connectivity index (χ2v) is 6.47. The number of aromatic nitrogens is 2. The zero-order valence-corrected chi connectivity index (χ0v) is 17.5. The smallest absolute Gasteiger partial charge is 0.00364 e. The Morgan fingerprint density at radius 2 is 1.14 bits per heavy atom. The Morgan fingerprint density at radius 1 is 0.571 bits per heavy atom. The average Bonchev–Trinajstić information content (AvgIpc) is 2.90. The summed E-state index contributed by atoms with van der Waals surface area (Å²) in [5, 5.41) is 2.42. The van der Waals surface area contributed by atoms with Crippen LogP contribution in [0.15, 0.2) is 109 Å². The maximum Gasteiger partial charge on any atom is 0.00364 e. The summed E-state index contributed by atoms with van der Waals surface area (Å²) in [7, 11) is 0. The maximum atomic E-state index is 3.37. The van der Waals surface area contributed by atoms with Crippen LogP contribution in [0.25, 0.3) is 33.2 Å². The van der Waals surface area contributed by atoms with Crippen LogP contribution in [0.1, 0.15) is 0 Å². The average molecular weight is 539 g/mol. The van der Waals surface area contributed by atoms with Crippen molar-refractivity contribution in [2.75, 3.05) is 0 Å². The van der Waals surface area contributed by atoms with Gasteiger partial charge in [-0.05, 0) is 27.5 Å². The van der Waals surface area contributed by atoms with Gasteiger partial charge in [-0.3, -0.25) is 0 Å². The van der Waals surface area contributed by atoms with Crippen LogP contribution in [0.4, 0.5) is 0 Å². The van der Waals surface area contributed by atoms with Crippen molar-refractivity contribution in [2.24, 2.45) is 0 Å². The number of fused-ring (bicyclic) bond motifs is 3. The molecule has 0 saturated carbocycles. The molecule has 0 amide bonds. The van der Waals surface area contributed by atoms with E-state index in [0.29, 0.717) is 0 Å². The topological polar surface area (TPSA) is 9.86 Å². The van der Waals surface area contributed by atoms with E-state index in [1.54, 1.807) is 0 Å². The molecule has 0 atom stereocenters. The molecule has 5 aromatic rings. The molecule has 1 heterocycles. The molecule has 0 fully saturated rings. The fourth-order valence-corrected chi connectivity index (χ4v) is 3.58. The summed E-state index contributed by atoms with van der Waals surface area (Å²) in [6, 6.07) is 39.0. The van der Waals surface area contributed by atoms with Gasteiger partial charge in [-0.1, -0.05) is 78.9 Å². The molecular weight excluding hydrogens is 521 g/mol. The van der Waals surface area contributed by atoms with E-state index in [1.807, 2.05) is 24.3 Å². The molecule has 0 saturated heterocycles. The third-order valence-corrected chi connectivity index (χ3v) is 4.83. The largest absolute Gasteiger partial charge is 0.421 e. The number of hydrogen-bond donors (Lipinski definition) is 0. The molecule has 0 bridgehead atoms. The van der Waals surface area contributed by atoms with Gasteiger partial charge in [0.1, 0.15) is 0 Å². The maximum absolute atomic E-state index is 3.37. The number of hydrogen-bond acceptors (Lipinski definition) is 0. The molecule has 28 heavy (non-hydrogen) atoms. The van der Waals surface area contributed by atoms with Crippen molar-refractivity contribution in [3.63, 3.8) is 0 Å². The Hall–Kier alpha value is -3.00. The zero-order valence-electron chi connectivity index (χ0n) is 15.1. The zero-order chi connectivity index (χ0) is 18.1. The van der Waals surface area contributed by atoms with Gasteiger partial charge in [0, 0.05) is 26.4 Å². The van der Waals surface area contributed by atoms with Crippen LogP contribution in [0.2, 0.25) is 0 Å². The van der Waals surface area contributed by atoms with Gasteiger partial charge >= 0.3 is 0 Å². The third-order valence-electron chi connectivity index (χ3n) is 4.83. The van der Waals surface area contributed by atoms with Crippen LogP contribution in [-0.4, -0.2) is 9.13 Å². The minimum absolute atomic E-state index is 0. The summed E-state index contributed by atoms with van der Waals surface area (Å²) >= 11 is 0. The standard InChI is InChI=1S/C25H18N2.Ir/c1-3-11-20(12-4-1)26-19-27(21-13-5-2-6-14-21)25-18-10-8-16-23(25)22-15-7-9-17-24(22)26;/h1-13,15-19H;/q-2;. The van der Waals surface area contributed by atoms with Gasteiger partial charge in [-0.25, -0.2) is 6.07 Å². The molecule has 0 aliphatic heterocycles. The molecule has 4 aromatic carbocycles. The van der Waals surface area contributed by atoms with Gasteiger partial charge in [-0.15, -0.1) is 5.69 Å². The first-order chi connectivity index (χ1) is 13.4. The van der Waals surface area contributed by atoms with Crippen molar-refractivity contribution in [3.05, 3.63) is 116 Å². The quantitative estimate of drug-likeness (QED) is 0.236.